The molecule has 1 atom stereocenters. The molecule has 0 aliphatic rings. The van der Waals surface area contributed by atoms with Crippen LogP contribution in [0.15, 0.2) is 23.6 Å². The average Bonchev–Trinajstić information content (AvgIpc) is 2.77. The molecule has 18 heavy (non-hydrogen) atoms. The standard InChI is InChI=1S/C14H19N3S/c1-9(2)13(12-6-5-7-18-12)17-14-15-10(3)8-11(4)16-14/h5-9,13H,1-4H3,(H,15,16,17). The second-order valence-electron chi connectivity index (χ2n) is 4.86. The molecule has 0 aliphatic carbocycles. The molecule has 0 saturated heterocycles. The molecular formula is C14H19N3S. The second-order valence-corrected chi connectivity index (χ2v) is 5.84. The van der Waals surface area contributed by atoms with E-state index in [4.69, 9.17) is 0 Å². The maximum Gasteiger partial charge on any atom is 0.223 e. The minimum atomic E-state index is 0.270. The van der Waals surface area contributed by atoms with Gasteiger partial charge >= 0.3 is 0 Å². The van der Waals surface area contributed by atoms with Crippen molar-refractivity contribution in [3.8, 4) is 0 Å². The van der Waals surface area contributed by atoms with Crippen LogP contribution < -0.4 is 5.32 Å². The smallest absolute Gasteiger partial charge is 0.223 e. The maximum absolute atomic E-state index is 4.45. The van der Waals surface area contributed by atoms with E-state index in [0.717, 1.165) is 17.3 Å². The van der Waals surface area contributed by atoms with Gasteiger partial charge in [0.1, 0.15) is 0 Å². The van der Waals surface area contributed by atoms with Crippen molar-refractivity contribution >= 4 is 17.3 Å². The molecule has 0 fully saturated rings. The van der Waals surface area contributed by atoms with Gasteiger partial charge in [-0.15, -0.1) is 11.3 Å². The fourth-order valence-electron chi connectivity index (χ4n) is 1.96. The lowest BCUT2D eigenvalue weighted by atomic mass is 10.0. The molecule has 0 radical (unpaired) electrons. The van der Waals surface area contributed by atoms with Crippen LogP contribution in [0, 0.1) is 19.8 Å². The number of thiophene rings is 1. The van der Waals surface area contributed by atoms with Crippen molar-refractivity contribution in [2.24, 2.45) is 5.92 Å². The molecule has 0 aliphatic heterocycles. The van der Waals surface area contributed by atoms with Gasteiger partial charge in [-0.2, -0.15) is 0 Å². The molecule has 96 valence electrons. The Morgan fingerprint density at radius 3 is 2.33 bits per heavy atom. The van der Waals surface area contributed by atoms with Crippen LogP contribution in [0.2, 0.25) is 0 Å². The van der Waals surface area contributed by atoms with Gasteiger partial charge in [-0.3, -0.25) is 0 Å². The van der Waals surface area contributed by atoms with Crippen molar-refractivity contribution in [3.05, 3.63) is 39.8 Å². The van der Waals surface area contributed by atoms with Crippen molar-refractivity contribution < 1.29 is 0 Å². The fraction of sp³-hybridized carbons (Fsp3) is 0.429. The summed E-state index contributed by atoms with van der Waals surface area (Å²) in [4.78, 5) is 10.2. The Balaban J connectivity index is 2.24. The molecule has 2 aromatic rings. The Hall–Kier alpha value is -1.42. The van der Waals surface area contributed by atoms with E-state index < -0.39 is 0 Å². The summed E-state index contributed by atoms with van der Waals surface area (Å²) in [5.74, 6) is 1.22. The first-order valence-corrected chi connectivity index (χ1v) is 7.06. The molecule has 3 nitrogen and oxygen atoms in total. The van der Waals surface area contributed by atoms with Gasteiger partial charge in [-0.1, -0.05) is 19.9 Å². The van der Waals surface area contributed by atoms with Crippen LogP contribution in [0.4, 0.5) is 5.95 Å². The Kier molecular flexibility index (Phi) is 3.97. The van der Waals surface area contributed by atoms with Gasteiger partial charge in [0.15, 0.2) is 0 Å². The number of aromatic nitrogens is 2. The van der Waals surface area contributed by atoms with E-state index in [1.807, 2.05) is 19.9 Å². The normalized spacial score (nSPS) is 12.7. The monoisotopic (exact) mass is 261 g/mol. The zero-order chi connectivity index (χ0) is 13.1. The lowest BCUT2D eigenvalue weighted by Gasteiger charge is -2.21. The van der Waals surface area contributed by atoms with Crippen molar-refractivity contribution in [2.45, 2.75) is 33.7 Å². The molecule has 4 heteroatoms. The van der Waals surface area contributed by atoms with Crippen LogP contribution in [-0.2, 0) is 0 Å². The summed E-state index contributed by atoms with van der Waals surface area (Å²) in [5, 5.41) is 5.56. The molecule has 2 aromatic heterocycles. The van der Waals surface area contributed by atoms with E-state index >= 15 is 0 Å². The number of hydrogen-bond donors (Lipinski definition) is 1. The maximum atomic E-state index is 4.45. The van der Waals surface area contributed by atoms with Crippen LogP contribution in [0.3, 0.4) is 0 Å². The summed E-state index contributed by atoms with van der Waals surface area (Å²) >= 11 is 1.77. The molecule has 0 spiro atoms. The first kappa shape index (κ1) is 13.0. The van der Waals surface area contributed by atoms with E-state index in [-0.39, 0.29) is 6.04 Å². The lowest BCUT2D eigenvalue weighted by molar-refractivity contribution is 0.549. The third-order valence-electron chi connectivity index (χ3n) is 2.78. The third kappa shape index (κ3) is 3.07. The van der Waals surface area contributed by atoms with Gasteiger partial charge in [0, 0.05) is 16.3 Å². The summed E-state index contributed by atoms with van der Waals surface area (Å²) in [6.07, 6.45) is 0. The van der Waals surface area contributed by atoms with Gasteiger partial charge in [0.05, 0.1) is 6.04 Å². The summed E-state index contributed by atoms with van der Waals surface area (Å²) < 4.78 is 0. The molecule has 1 unspecified atom stereocenters. The largest absolute Gasteiger partial charge is 0.346 e. The minimum absolute atomic E-state index is 0.270. The zero-order valence-corrected chi connectivity index (χ0v) is 12.1. The second kappa shape index (κ2) is 5.48. The van der Waals surface area contributed by atoms with Gasteiger partial charge in [0.25, 0.3) is 0 Å². The van der Waals surface area contributed by atoms with Crippen LogP contribution >= 0.6 is 11.3 Å². The molecule has 1 N–H and O–H groups in total. The van der Waals surface area contributed by atoms with Crippen molar-refractivity contribution in [3.63, 3.8) is 0 Å². The number of nitrogens with one attached hydrogen (secondary N) is 1. The number of aryl methyl sites for hydroxylation is 2. The topological polar surface area (TPSA) is 37.8 Å². The molecular weight excluding hydrogens is 242 g/mol. The van der Waals surface area contributed by atoms with Crippen molar-refractivity contribution in [1.29, 1.82) is 0 Å². The number of nitrogens with zero attached hydrogens (tertiary/aromatic N) is 2. The highest BCUT2D eigenvalue weighted by Gasteiger charge is 2.17. The van der Waals surface area contributed by atoms with Gasteiger partial charge < -0.3 is 5.32 Å². The molecule has 0 saturated carbocycles. The van der Waals surface area contributed by atoms with E-state index in [9.17, 15) is 0 Å². The van der Waals surface area contributed by atoms with Crippen molar-refractivity contribution in [2.75, 3.05) is 5.32 Å². The first-order valence-electron chi connectivity index (χ1n) is 6.18. The predicted molar refractivity (Wildman–Crippen MR) is 77.0 cm³/mol. The van der Waals surface area contributed by atoms with Crippen LogP contribution in [0.1, 0.15) is 36.2 Å². The minimum Gasteiger partial charge on any atom is -0.346 e. The zero-order valence-electron chi connectivity index (χ0n) is 11.3. The Morgan fingerprint density at radius 1 is 1.17 bits per heavy atom. The van der Waals surface area contributed by atoms with Crippen molar-refractivity contribution in [1.82, 2.24) is 9.97 Å². The van der Waals surface area contributed by atoms with Crippen LogP contribution in [0.25, 0.3) is 0 Å². The summed E-state index contributed by atoms with van der Waals surface area (Å²) in [6.45, 7) is 8.41. The quantitative estimate of drug-likeness (QED) is 0.905. The Morgan fingerprint density at radius 2 is 1.83 bits per heavy atom. The number of anilines is 1. The highest BCUT2D eigenvalue weighted by Crippen LogP contribution is 2.28. The fourth-order valence-corrected chi connectivity index (χ4v) is 2.91. The lowest BCUT2D eigenvalue weighted by Crippen LogP contribution is -2.17. The van der Waals surface area contributed by atoms with E-state index in [2.05, 4.69) is 46.6 Å². The number of hydrogen-bond acceptors (Lipinski definition) is 4. The summed E-state index contributed by atoms with van der Waals surface area (Å²) in [7, 11) is 0. The van der Waals surface area contributed by atoms with E-state index in [1.165, 1.54) is 4.88 Å². The molecule has 2 heterocycles. The highest BCUT2D eigenvalue weighted by molar-refractivity contribution is 7.10. The van der Waals surface area contributed by atoms with Gasteiger partial charge in [-0.05, 0) is 37.3 Å². The Bertz CT molecular complexity index is 486. The average molecular weight is 261 g/mol. The Labute approximate surface area is 112 Å². The molecule has 0 amide bonds. The van der Waals surface area contributed by atoms with Gasteiger partial charge in [0.2, 0.25) is 5.95 Å². The SMILES string of the molecule is Cc1cc(C)nc(NC(c2cccs2)C(C)C)n1. The van der Waals surface area contributed by atoms with E-state index in [1.54, 1.807) is 11.3 Å². The van der Waals surface area contributed by atoms with Crippen LogP contribution in [-0.4, -0.2) is 9.97 Å². The molecule has 2 rings (SSSR count). The first-order chi connectivity index (χ1) is 8.56. The van der Waals surface area contributed by atoms with Crippen LogP contribution in [0.5, 0.6) is 0 Å². The highest BCUT2D eigenvalue weighted by atomic mass is 32.1. The van der Waals surface area contributed by atoms with Gasteiger partial charge in [-0.25, -0.2) is 9.97 Å². The third-order valence-corrected chi connectivity index (χ3v) is 3.74. The molecule has 0 aromatic carbocycles. The number of rotatable bonds is 4. The van der Waals surface area contributed by atoms with E-state index in [0.29, 0.717) is 5.92 Å². The molecule has 0 bridgehead atoms. The summed E-state index contributed by atoms with van der Waals surface area (Å²) in [5.41, 5.74) is 2.00. The summed E-state index contributed by atoms with van der Waals surface area (Å²) in [6, 6.07) is 6.50. The predicted octanol–water partition coefficient (Wildman–Crippen LogP) is 3.96.